The number of nitrogens with zero attached hydrogens (tertiary/aromatic N) is 2. The molecule has 82 valence electrons. The number of hydrogen-bond donors (Lipinski definition) is 1. The van der Waals surface area contributed by atoms with Gasteiger partial charge in [-0.05, 0) is 24.6 Å². The third-order valence-corrected chi connectivity index (χ3v) is 1.93. The van der Waals surface area contributed by atoms with Gasteiger partial charge in [-0.1, -0.05) is 12.1 Å². The lowest BCUT2D eigenvalue weighted by molar-refractivity contribution is 0.171. The summed E-state index contributed by atoms with van der Waals surface area (Å²) in [5, 5.41) is 12.5. The predicted molar refractivity (Wildman–Crippen MR) is 58.9 cm³/mol. The van der Waals surface area contributed by atoms with Gasteiger partial charge < -0.3 is 4.74 Å². The first kappa shape index (κ1) is 11.7. The van der Waals surface area contributed by atoms with Crippen LogP contribution >= 0.6 is 0 Å². The summed E-state index contributed by atoms with van der Waals surface area (Å²) in [4.78, 5) is 10.8. The zero-order chi connectivity index (χ0) is 12.0. The van der Waals surface area contributed by atoms with Crippen molar-refractivity contribution in [2.75, 3.05) is 7.11 Å². The maximum atomic E-state index is 10.8. The van der Waals surface area contributed by atoms with Crippen LogP contribution in [0.25, 0.3) is 0 Å². The molecule has 0 aromatic heterocycles. The predicted octanol–water partition coefficient (Wildman–Crippen LogP) is 1.64. The van der Waals surface area contributed by atoms with E-state index in [1.54, 1.807) is 31.2 Å². The van der Waals surface area contributed by atoms with Gasteiger partial charge in [0.05, 0.1) is 24.5 Å². The van der Waals surface area contributed by atoms with Crippen molar-refractivity contribution in [3.8, 4) is 6.07 Å². The largest absolute Gasteiger partial charge is 0.452 e. The second kappa shape index (κ2) is 5.51. The van der Waals surface area contributed by atoms with Gasteiger partial charge in [-0.2, -0.15) is 10.4 Å². The van der Waals surface area contributed by atoms with E-state index >= 15 is 0 Å². The van der Waals surface area contributed by atoms with Crippen molar-refractivity contribution in [3.05, 3.63) is 35.4 Å². The number of benzene rings is 1. The fraction of sp³-hybridized carbons (Fsp3) is 0.182. The third kappa shape index (κ3) is 3.10. The lowest BCUT2D eigenvalue weighted by Crippen LogP contribution is -2.18. The van der Waals surface area contributed by atoms with Crippen molar-refractivity contribution in [1.82, 2.24) is 5.43 Å². The zero-order valence-corrected chi connectivity index (χ0v) is 9.02. The molecule has 0 atom stereocenters. The maximum absolute atomic E-state index is 10.8. The van der Waals surface area contributed by atoms with E-state index in [0.29, 0.717) is 11.3 Å². The Bertz CT molecular complexity index is 443. The highest BCUT2D eigenvalue weighted by Crippen LogP contribution is 2.04. The van der Waals surface area contributed by atoms with Crippen LogP contribution in [-0.4, -0.2) is 18.9 Å². The van der Waals surface area contributed by atoms with Crippen molar-refractivity contribution in [1.29, 1.82) is 5.26 Å². The second-order valence-electron chi connectivity index (χ2n) is 2.99. The molecule has 1 rings (SSSR count). The van der Waals surface area contributed by atoms with Crippen molar-refractivity contribution in [3.63, 3.8) is 0 Å². The molecule has 0 unspecified atom stereocenters. The average Bonchev–Trinajstić information content (AvgIpc) is 2.35. The minimum absolute atomic E-state index is 0.581. The molecule has 16 heavy (non-hydrogen) atoms. The molecule has 0 radical (unpaired) electrons. The van der Waals surface area contributed by atoms with Crippen LogP contribution in [-0.2, 0) is 4.74 Å². The van der Waals surface area contributed by atoms with Crippen LogP contribution in [0.4, 0.5) is 4.79 Å². The number of rotatable bonds is 2. The van der Waals surface area contributed by atoms with Gasteiger partial charge in [-0.15, -0.1) is 0 Å². The molecule has 0 saturated carbocycles. The second-order valence-corrected chi connectivity index (χ2v) is 2.99. The van der Waals surface area contributed by atoms with Crippen LogP contribution in [0.2, 0.25) is 0 Å². The van der Waals surface area contributed by atoms with Gasteiger partial charge >= 0.3 is 6.09 Å². The molecule has 1 aromatic carbocycles. The van der Waals surface area contributed by atoms with E-state index in [1.807, 2.05) is 6.07 Å². The lowest BCUT2D eigenvalue weighted by atomic mass is 10.1. The Morgan fingerprint density at radius 3 is 2.56 bits per heavy atom. The lowest BCUT2D eigenvalue weighted by Gasteiger charge is -2.01. The van der Waals surface area contributed by atoms with Gasteiger partial charge in [0.1, 0.15) is 0 Å². The average molecular weight is 217 g/mol. The molecule has 0 spiro atoms. The van der Waals surface area contributed by atoms with Crippen molar-refractivity contribution < 1.29 is 9.53 Å². The SMILES string of the molecule is COC(=O)N/N=C(/C)c1ccc(C#N)cc1. The Morgan fingerprint density at radius 2 is 2.06 bits per heavy atom. The molecule has 0 aliphatic rings. The summed E-state index contributed by atoms with van der Waals surface area (Å²) in [5.74, 6) is 0. The normalized spacial score (nSPS) is 10.4. The number of nitrogens with one attached hydrogen (secondary N) is 1. The molecule has 1 aromatic rings. The van der Waals surface area contributed by atoms with Crippen LogP contribution in [0.5, 0.6) is 0 Å². The van der Waals surface area contributed by atoms with E-state index in [2.05, 4.69) is 15.3 Å². The fourth-order valence-electron chi connectivity index (χ4n) is 1.03. The molecule has 1 amide bonds. The number of methoxy groups -OCH3 is 1. The maximum Gasteiger partial charge on any atom is 0.427 e. The summed E-state index contributed by atoms with van der Waals surface area (Å²) in [5.41, 5.74) is 4.27. The number of hydrogen-bond acceptors (Lipinski definition) is 4. The molecule has 0 saturated heterocycles. The molecule has 5 nitrogen and oxygen atoms in total. The van der Waals surface area contributed by atoms with E-state index in [9.17, 15) is 4.79 Å². The van der Waals surface area contributed by atoms with E-state index in [-0.39, 0.29) is 0 Å². The Hall–Kier alpha value is -2.35. The summed E-state index contributed by atoms with van der Waals surface area (Å²) < 4.78 is 4.37. The van der Waals surface area contributed by atoms with E-state index in [4.69, 9.17) is 5.26 Å². The van der Waals surface area contributed by atoms with Crippen LogP contribution in [0, 0.1) is 11.3 Å². The van der Waals surface area contributed by atoms with Gasteiger partial charge in [0.25, 0.3) is 0 Å². The van der Waals surface area contributed by atoms with Crippen molar-refractivity contribution >= 4 is 11.8 Å². The number of carbonyl (C=O) groups is 1. The van der Waals surface area contributed by atoms with Crippen LogP contribution in [0.1, 0.15) is 18.1 Å². The zero-order valence-electron chi connectivity index (χ0n) is 9.02. The van der Waals surface area contributed by atoms with E-state index in [0.717, 1.165) is 5.56 Å². The molecule has 1 N–H and O–H groups in total. The summed E-state index contributed by atoms with van der Waals surface area (Å²) >= 11 is 0. The molecular weight excluding hydrogens is 206 g/mol. The van der Waals surface area contributed by atoms with Gasteiger partial charge in [0, 0.05) is 0 Å². The first-order chi connectivity index (χ1) is 7.67. The molecule has 0 bridgehead atoms. The monoisotopic (exact) mass is 217 g/mol. The highest BCUT2D eigenvalue weighted by Gasteiger charge is 1.99. The topological polar surface area (TPSA) is 74.5 Å². The summed E-state index contributed by atoms with van der Waals surface area (Å²) in [7, 11) is 1.27. The van der Waals surface area contributed by atoms with E-state index < -0.39 is 6.09 Å². The van der Waals surface area contributed by atoms with Crippen LogP contribution in [0.15, 0.2) is 29.4 Å². The molecule has 0 aliphatic heterocycles. The molecule has 0 aliphatic carbocycles. The molecule has 5 heteroatoms. The number of carbonyl (C=O) groups excluding carboxylic acids is 1. The summed E-state index contributed by atoms with van der Waals surface area (Å²) in [6.07, 6.45) is -0.618. The highest BCUT2D eigenvalue weighted by atomic mass is 16.5. The molecule has 0 fully saturated rings. The Kier molecular flexibility index (Phi) is 4.04. The standard InChI is InChI=1S/C11H11N3O2/c1-8(13-14-11(15)16-2)10-5-3-9(7-12)4-6-10/h3-6H,1-2H3,(H,14,15)/b13-8-. The van der Waals surface area contributed by atoms with Gasteiger partial charge in [-0.3, -0.25) is 0 Å². The smallest absolute Gasteiger partial charge is 0.427 e. The summed E-state index contributed by atoms with van der Waals surface area (Å²) in [6, 6.07) is 8.92. The van der Waals surface area contributed by atoms with Crippen molar-refractivity contribution in [2.24, 2.45) is 5.10 Å². The molecular formula is C11H11N3O2. The van der Waals surface area contributed by atoms with Crippen molar-refractivity contribution in [2.45, 2.75) is 6.92 Å². The minimum Gasteiger partial charge on any atom is -0.452 e. The van der Waals surface area contributed by atoms with Crippen LogP contribution < -0.4 is 5.43 Å². The fourth-order valence-corrected chi connectivity index (χ4v) is 1.03. The number of ether oxygens (including phenoxy) is 1. The Morgan fingerprint density at radius 1 is 1.44 bits per heavy atom. The third-order valence-electron chi connectivity index (χ3n) is 1.93. The van der Waals surface area contributed by atoms with Crippen LogP contribution in [0.3, 0.4) is 0 Å². The Balaban J connectivity index is 2.76. The number of amides is 1. The minimum atomic E-state index is -0.618. The van der Waals surface area contributed by atoms with E-state index in [1.165, 1.54) is 7.11 Å². The molecule has 0 heterocycles. The number of hydrazone groups is 1. The highest BCUT2D eigenvalue weighted by molar-refractivity contribution is 5.99. The Labute approximate surface area is 93.3 Å². The van der Waals surface area contributed by atoms with Gasteiger partial charge in [-0.25, -0.2) is 10.2 Å². The first-order valence-electron chi connectivity index (χ1n) is 4.56. The van der Waals surface area contributed by atoms with Gasteiger partial charge in [0.2, 0.25) is 0 Å². The first-order valence-corrected chi connectivity index (χ1v) is 4.56. The van der Waals surface area contributed by atoms with Gasteiger partial charge in [0.15, 0.2) is 0 Å². The number of nitriles is 1. The summed E-state index contributed by atoms with van der Waals surface area (Å²) in [6.45, 7) is 1.75. The quantitative estimate of drug-likeness (QED) is 0.604.